The molecule has 16 heavy (non-hydrogen) atoms. The van der Waals surface area contributed by atoms with Crippen LogP contribution in [0.2, 0.25) is 0 Å². The van der Waals surface area contributed by atoms with Gasteiger partial charge < -0.3 is 14.9 Å². The molecule has 82 valence electrons. The molecule has 6 heteroatoms. The molecule has 1 heterocycles. The lowest BCUT2D eigenvalue weighted by Gasteiger charge is -2.14. The molecule has 6 nitrogen and oxygen atoms in total. The molecule has 0 atom stereocenters. The lowest BCUT2D eigenvalue weighted by atomic mass is 10.1. The summed E-state index contributed by atoms with van der Waals surface area (Å²) in [7, 11) is 0. The quantitative estimate of drug-likeness (QED) is 0.781. The van der Waals surface area contributed by atoms with Crippen molar-refractivity contribution in [2.45, 2.75) is 0 Å². The zero-order chi connectivity index (χ0) is 11.7. The van der Waals surface area contributed by atoms with E-state index in [9.17, 15) is 9.59 Å². The van der Waals surface area contributed by atoms with Crippen LogP contribution >= 0.6 is 0 Å². The van der Waals surface area contributed by atoms with Crippen molar-refractivity contribution in [3.63, 3.8) is 0 Å². The fourth-order valence-corrected chi connectivity index (χ4v) is 1.39. The van der Waals surface area contributed by atoms with E-state index in [1.54, 1.807) is 0 Å². The fourth-order valence-electron chi connectivity index (χ4n) is 1.39. The summed E-state index contributed by atoms with van der Waals surface area (Å²) in [6.45, 7) is 0.204. The number of hydrogen-bond acceptors (Lipinski definition) is 4. The average Bonchev–Trinajstić information content (AvgIpc) is 2.27. The maximum atomic E-state index is 10.9. The van der Waals surface area contributed by atoms with Gasteiger partial charge in [-0.2, -0.15) is 0 Å². The maximum absolute atomic E-state index is 10.9. The van der Waals surface area contributed by atoms with Crippen LogP contribution in [0.1, 0.15) is 20.7 Å². The summed E-state index contributed by atoms with van der Waals surface area (Å²) in [5.74, 6) is -2.26. The number of carbonyl (C=O) groups is 2. The van der Waals surface area contributed by atoms with E-state index in [1.807, 2.05) is 0 Å². The predicted octanol–water partition coefficient (Wildman–Crippen LogP) is 1.18. The molecule has 0 aromatic heterocycles. The van der Waals surface area contributed by atoms with E-state index in [0.29, 0.717) is 0 Å². The number of carboxylic acid groups (broad SMARTS) is 2. The van der Waals surface area contributed by atoms with Crippen molar-refractivity contribution < 1.29 is 24.5 Å². The SMILES string of the molecule is O=C(O)c1cc2c(c(C(=O)O)c1)N=CCO2. The minimum absolute atomic E-state index is 0.131. The monoisotopic (exact) mass is 221 g/mol. The second kappa shape index (κ2) is 3.65. The van der Waals surface area contributed by atoms with Crippen molar-refractivity contribution in [1.29, 1.82) is 0 Å². The molecule has 0 radical (unpaired) electrons. The van der Waals surface area contributed by atoms with Crippen LogP contribution in [0.25, 0.3) is 0 Å². The van der Waals surface area contributed by atoms with Gasteiger partial charge in [-0.1, -0.05) is 0 Å². The summed E-state index contributed by atoms with van der Waals surface area (Å²) in [6, 6.07) is 2.33. The third kappa shape index (κ3) is 1.60. The fraction of sp³-hybridized carbons (Fsp3) is 0.100. The molecule has 0 bridgehead atoms. The van der Waals surface area contributed by atoms with Gasteiger partial charge in [-0.15, -0.1) is 0 Å². The van der Waals surface area contributed by atoms with Gasteiger partial charge in [-0.25, -0.2) is 9.59 Å². The van der Waals surface area contributed by atoms with E-state index in [4.69, 9.17) is 14.9 Å². The van der Waals surface area contributed by atoms with E-state index >= 15 is 0 Å². The lowest BCUT2D eigenvalue weighted by Crippen LogP contribution is -2.09. The highest BCUT2D eigenvalue weighted by molar-refractivity contribution is 6.00. The first-order chi connectivity index (χ1) is 7.59. The third-order valence-electron chi connectivity index (χ3n) is 2.09. The van der Waals surface area contributed by atoms with Crippen LogP contribution in [0.15, 0.2) is 17.1 Å². The molecule has 0 fully saturated rings. The minimum atomic E-state index is -1.23. The maximum Gasteiger partial charge on any atom is 0.338 e. The Morgan fingerprint density at radius 3 is 2.62 bits per heavy atom. The third-order valence-corrected chi connectivity index (χ3v) is 2.09. The number of aromatic carboxylic acids is 2. The summed E-state index contributed by atoms with van der Waals surface area (Å²) in [6.07, 6.45) is 1.43. The molecule has 1 aliphatic rings. The average molecular weight is 221 g/mol. The molecule has 1 aromatic rings. The minimum Gasteiger partial charge on any atom is -0.486 e. The van der Waals surface area contributed by atoms with E-state index < -0.39 is 11.9 Å². The van der Waals surface area contributed by atoms with Crippen molar-refractivity contribution in [3.8, 4) is 5.75 Å². The van der Waals surface area contributed by atoms with Gasteiger partial charge in [0.25, 0.3) is 0 Å². The van der Waals surface area contributed by atoms with E-state index in [1.165, 1.54) is 12.3 Å². The van der Waals surface area contributed by atoms with E-state index in [-0.39, 0.29) is 29.2 Å². The first kappa shape index (κ1) is 10.2. The summed E-state index contributed by atoms with van der Waals surface area (Å²) in [4.78, 5) is 25.6. The van der Waals surface area contributed by atoms with Crippen molar-refractivity contribution >= 4 is 23.8 Å². The number of ether oxygens (including phenoxy) is 1. The Hall–Kier alpha value is -2.37. The molecule has 0 aliphatic carbocycles. The Kier molecular flexibility index (Phi) is 2.32. The van der Waals surface area contributed by atoms with Gasteiger partial charge >= 0.3 is 11.9 Å². The summed E-state index contributed by atoms with van der Waals surface area (Å²) >= 11 is 0. The number of carboxylic acids is 2. The Bertz CT molecular complexity index is 506. The number of rotatable bonds is 2. The molecule has 1 aliphatic heterocycles. The van der Waals surface area contributed by atoms with Gasteiger partial charge in [-0.05, 0) is 12.1 Å². The van der Waals surface area contributed by atoms with Crippen LogP contribution < -0.4 is 4.74 Å². The van der Waals surface area contributed by atoms with Gasteiger partial charge in [0, 0.05) is 6.21 Å². The van der Waals surface area contributed by atoms with Crippen LogP contribution in [-0.2, 0) is 0 Å². The van der Waals surface area contributed by atoms with Crippen molar-refractivity contribution in [2.75, 3.05) is 6.61 Å². The van der Waals surface area contributed by atoms with Crippen molar-refractivity contribution in [3.05, 3.63) is 23.3 Å². The number of fused-ring (bicyclic) bond motifs is 1. The Balaban J connectivity index is 2.67. The molecule has 0 unspecified atom stereocenters. The van der Waals surface area contributed by atoms with Gasteiger partial charge in [0.05, 0.1) is 11.1 Å². The molecule has 0 saturated carbocycles. The van der Waals surface area contributed by atoms with Crippen LogP contribution in [0.3, 0.4) is 0 Å². The molecule has 0 amide bonds. The number of benzene rings is 1. The number of nitrogens with zero attached hydrogens (tertiary/aromatic N) is 1. The van der Waals surface area contributed by atoms with Gasteiger partial charge in [-0.3, -0.25) is 4.99 Å². The first-order valence-electron chi connectivity index (χ1n) is 4.39. The highest BCUT2D eigenvalue weighted by Gasteiger charge is 2.20. The molecule has 2 N–H and O–H groups in total. The van der Waals surface area contributed by atoms with Crippen LogP contribution in [0.4, 0.5) is 5.69 Å². The number of hydrogen-bond donors (Lipinski definition) is 2. The largest absolute Gasteiger partial charge is 0.486 e. The summed E-state index contributed by atoms with van der Waals surface area (Å²) in [5.41, 5.74) is -0.150. The normalized spacial score (nSPS) is 12.8. The number of aliphatic imine (C=N–C) groups is 1. The Labute approximate surface area is 89.8 Å². The second-order valence-corrected chi connectivity index (χ2v) is 3.10. The van der Waals surface area contributed by atoms with Crippen LogP contribution in [0, 0.1) is 0 Å². The lowest BCUT2D eigenvalue weighted by molar-refractivity contribution is 0.0696. The standard InChI is InChI=1S/C10H7NO5/c12-9(13)5-3-6(10(14)15)8-7(4-5)16-2-1-11-8/h1,3-4H,2H2,(H,12,13)(H,14,15). The summed E-state index contributed by atoms with van der Waals surface area (Å²) < 4.78 is 5.13. The summed E-state index contributed by atoms with van der Waals surface area (Å²) in [5, 5.41) is 17.7. The zero-order valence-corrected chi connectivity index (χ0v) is 8.01. The van der Waals surface area contributed by atoms with Gasteiger partial charge in [0.15, 0.2) is 0 Å². The smallest absolute Gasteiger partial charge is 0.338 e. The molecular formula is C10H7NO5. The highest BCUT2D eigenvalue weighted by Crippen LogP contribution is 2.34. The van der Waals surface area contributed by atoms with Crippen LogP contribution in [-0.4, -0.2) is 35.0 Å². The van der Waals surface area contributed by atoms with Crippen molar-refractivity contribution in [2.24, 2.45) is 4.99 Å². The molecular weight excluding hydrogens is 214 g/mol. The predicted molar refractivity (Wildman–Crippen MR) is 54.0 cm³/mol. The highest BCUT2D eigenvalue weighted by atomic mass is 16.5. The molecule has 2 rings (SSSR count). The Morgan fingerprint density at radius 2 is 2.00 bits per heavy atom. The Morgan fingerprint density at radius 1 is 1.25 bits per heavy atom. The second-order valence-electron chi connectivity index (χ2n) is 3.10. The van der Waals surface area contributed by atoms with Gasteiger partial charge in [0.2, 0.25) is 0 Å². The molecule has 0 saturated heterocycles. The zero-order valence-electron chi connectivity index (χ0n) is 8.01. The molecule has 0 spiro atoms. The van der Waals surface area contributed by atoms with Crippen molar-refractivity contribution in [1.82, 2.24) is 0 Å². The van der Waals surface area contributed by atoms with E-state index in [2.05, 4.69) is 4.99 Å². The van der Waals surface area contributed by atoms with Gasteiger partial charge in [0.1, 0.15) is 18.0 Å². The van der Waals surface area contributed by atoms with Crippen LogP contribution in [0.5, 0.6) is 5.75 Å². The first-order valence-corrected chi connectivity index (χ1v) is 4.39. The molecule has 1 aromatic carbocycles. The van der Waals surface area contributed by atoms with E-state index in [0.717, 1.165) is 6.07 Å². The topological polar surface area (TPSA) is 96.2 Å².